The topological polar surface area (TPSA) is 59.5 Å². The lowest BCUT2D eigenvalue weighted by Gasteiger charge is -2.19. The third-order valence-corrected chi connectivity index (χ3v) is 3.91. The molecule has 1 aromatic heterocycles. The Morgan fingerprint density at radius 1 is 1.42 bits per heavy atom. The Hall–Kier alpha value is -1.29. The highest BCUT2D eigenvalue weighted by Gasteiger charge is 2.23. The van der Waals surface area contributed by atoms with Crippen LogP contribution >= 0.6 is 0 Å². The van der Waals surface area contributed by atoms with Crippen LogP contribution in [0.4, 0.5) is 0 Å². The van der Waals surface area contributed by atoms with Crippen LogP contribution < -0.4 is 5.73 Å². The monoisotopic (exact) mass is 264 g/mol. The maximum Gasteiger partial charge on any atom is 0.289 e. The zero-order valence-electron chi connectivity index (χ0n) is 11.7. The van der Waals surface area contributed by atoms with Crippen molar-refractivity contribution in [3.05, 3.63) is 23.7 Å². The molecule has 0 spiro atoms. The Bertz CT molecular complexity index is 414. The lowest BCUT2D eigenvalue weighted by atomic mass is 9.96. The molecule has 1 saturated heterocycles. The van der Waals surface area contributed by atoms with Gasteiger partial charge in [0.25, 0.3) is 5.91 Å². The van der Waals surface area contributed by atoms with Gasteiger partial charge in [0.15, 0.2) is 5.76 Å². The average Bonchev–Trinajstić information content (AvgIpc) is 2.79. The van der Waals surface area contributed by atoms with Gasteiger partial charge >= 0.3 is 0 Å². The van der Waals surface area contributed by atoms with Crippen LogP contribution in [0.25, 0.3) is 0 Å². The molecule has 1 fully saturated rings. The number of carbonyl (C=O) groups is 1. The zero-order chi connectivity index (χ0) is 13.7. The molecule has 4 heteroatoms. The zero-order valence-corrected chi connectivity index (χ0v) is 11.7. The fourth-order valence-electron chi connectivity index (χ4n) is 2.82. The van der Waals surface area contributed by atoms with Crippen molar-refractivity contribution in [2.45, 2.75) is 45.6 Å². The number of furan rings is 1. The van der Waals surface area contributed by atoms with E-state index in [1.807, 2.05) is 4.90 Å². The summed E-state index contributed by atoms with van der Waals surface area (Å²) >= 11 is 0. The van der Waals surface area contributed by atoms with E-state index in [0.29, 0.717) is 18.1 Å². The smallest absolute Gasteiger partial charge is 0.289 e. The normalized spacial score (nSPS) is 20.3. The predicted molar refractivity (Wildman–Crippen MR) is 74.8 cm³/mol. The summed E-state index contributed by atoms with van der Waals surface area (Å²) in [5, 5.41) is 0. The first-order chi connectivity index (χ1) is 9.24. The molecular formula is C15H24N2O2. The van der Waals surface area contributed by atoms with Crippen LogP contribution in [0.2, 0.25) is 0 Å². The maximum atomic E-state index is 12.3. The number of hydrogen-bond acceptors (Lipinski definition) is 3. The van der Waals surface area contributed by atoms with Crippen molar-refractivity contribution in [2.75, 3.05) is 13.1 Å². The Morgan fingerprint density at radius 2 is 2.26 bits per heavy atom. The van der Waals surface area contributed by atoms with Gasteiger partial charge in [-0.15, -0.1) is 0 Å². The molecule has 1 aliphatic rings. The first-order valence-corrected chi connectivity index (χ1v) is 7.32. The van der Waals surface area contributed by atoms with Gasteiger partial charge in [-0.3, -0.25) is 4.79 Å². The van der Waals surface area contributed by atoms with Gasteiger partial charge < -0.3 is 15.1 Å². The molecule has 0 aromatic carbocycles. The van der Waals surface area contributed by atoms with Gasteiger partial charge in [0.05, 0.1) is 6.54 Å². The van der Waals surface area contributed by atoms with Crippen LogP contribution in [0.3, 0.4) is 0 Å². The van der Waals surface area contributed by atoms with Crippen LogP contribution in [-0.2, 0) is 6.54 Å². The Morgan fingerprint density at radius 3 is 2.95 bits per heavy atom. The summed E-state index contributed by atoms with van der Waals surface area (Å²) in [6, 6.07) is 3.52. The van der Waals surface area contributed by atoms with Crippen LogP contribution in [0.15, 0.2) is 16.5 Å². The molecule has 4 nitrogen and oxygen atoms in total. The predicted octanol–water partition coefficient (Wildman–Crippen LogP) is 2.78. The van der Waals surface area contributed by atoms with E-state index >= 15 is 0 Å². The van der Waals surface area contributed by atoms with Crippen molar-refractivity contribution >= 4 is 5.91 Å². The average molecular weight is 264 g/mol. The summed E-state index contributed by atoms with van der Waals surface area (Å²) in [4.78, 5) is 14.3. The lowest BCUT2D eigenvalue weighted by Crippen LogP contribution is -2.31. The molecule has 1 aliphatic heterocycles. The first-order valence-electron chi connectivity index (χ1n) is 7.32. The highest BCUT2D eigenvalue weighted by atomic mass is 16.4. The number of hydrogen-bond donors (Lipinski definition) is 1. The van der Waals surface area contributed by atoms with Crippen molar-refractivity contribution in [1.82, 2.24) is 4.90 Å². The van der Waals surface area contributed by atoms with Gasteiger partial charge in [0, 0.05) is 13.1 Å². The molecule has 2 rings (SSSR count). The number of likely N-dealkylation sites (tertiary alicyclic amines) is 1. The fraction of sp³-hybridized carbons (Fsp3) is 0.667. The second-order valence-electron chi connectivity index (χ2n) is 5.35. The second-order valence-corrected chi connectivity index (χ2v) is 5.35. The van der Waals surface area contributed by atoms with Crippen molar-refractivity contribution in [3.8, 4) is 0 Å². The minimum Gasteiger partial charge on any atom is -0.455 e. The van der Waals surface area contributed by atoms with Gasteiger partial charge in [-0.25, -0.2) is 0 Å². The molecular weight excluding hydrogens is 240 g/mol. The van der Waals surface area contributed by atoms with Gasteiger partial charge in [-0.05, 0) is 37.3 Å². The van der Waals surface area contributed by atoms with Gasteiger partial charge in [-0.1, -0.05) is 19.8 Å². The molecule has 2 N–H and O–H groups in total. The molecule has 106 valence electrons. The second kappa shape index (κ2) is 6.75. The van der Waals surface area contributed by atoms with Crippen LogP contribution in [0.5, 0.6) is 0 Å². The van der Waals surface area contributed by atoms with Crippen molar-refractivity contribution in [3.63, 3.8) is 0 Å². The summed E-state index contributed by atoms with van der Waals surface area (Å²) < 4.78 is 5.45. The summed E-state index contributed by atoms with van der Waals surface area (Å²) in [5.41, 5.74) is 5.50. The summed E-state index contributed by atoms with van der Waals surface area (Å²) in [6.07, 6.45) is 5.96. The molecule has 19 heavy (non-hydrogen) atoms. The largest absolute Gasteiger partial charge is 0.455 e. The van der Waals surface area contributed by atoms with E-state index in [1.54, 1.807) is 12.1 Å². The molecule has 0 bridgehead atoms. The molecule has 0 radical (unpaired) electrons. The summed E-state index contributed by atoms with van der Waals surface area (Å²) in [7, 11) is 0. The van der Waals surface area contributed by atoms with E-state index in [2.05, 4.69) is 6.92 Å². The van der Waals surface area contributed by atoms with Gasteiger partial charge in [-0.2, -0.15) is 0 Å². The summed E-state index contributed by atoms with van der Waals surface area (Å²) in [6.45, 7) is 4.26. The van der Waals surface area contributed by atoms with Crippen molar-refractivity contribution in [2.24, 2.45) is 11.7 Å². The highest BCUT2D eigenvalue weighted by molar-refractivity contribution is 5.91. The van der Waals surface area contributed by atoms with E-state index < -0.39 is 0 Å². The first kappa shape index (κ1) is 14.1. The molecule has 1 amide bonds. The van der Waals surface area contributed by atoms with Crippen LogP contribution in [0, 0.1) is 5.92 Å². The Balaban J connectivity index is 1.95. The van der Waals surface area contributed by atoms with E-state index in [-0.39, 0.29) is 5.91 Å². The van der Waals surface area contributed by atoms with E-state index in [9.17, 15) is 4.79 Å². The minimum atomic E-state index is 0.0110. The van der Waals surface area contributed by atoms with E-state index in [0.717, 1.165) is 31.8 Å². The number of amides is 1. The summed E-state index contributed by atoms with van der Waals surface area (Å²) in [5.74, 6) is 1.88. The number of rotatable bonds is 4. The van der Waals surface area contributed by atoms with Crippen LogP contribution in [0.1, 0.15) is 55.3 Å². The molecule has 0 saturated carbocycles. The molecule has 1 aromatic rings. The standard InChI is InChI=1S/C15H24N2O2/c1-2-4-12-5-3-9-17(10-8-12)15(18)14-7-6-13(11-16)19-14/h6-7,12H,2-5,8-11,16H2,1H3. The fourth-order valence-corrected chi connectivity index (χ4v) is 2.82. The SMILES string of the molecule is CCCC1CCCN(C(=O)c2ccc(CN)o2)CC1. The molecule has 0 aliphatic carbocycles. The lowest BCUT2D eigenvalue weighted by molar-refractivity contribution is 0.0726. The third kappa shape index (κ3) is 3.60. The molecule has 2 heterocycles. The van der Waals surface area contributed by atoms with Crippen molar-refractivity contribution in [1.29, 1.82) is 0 Å². The van der Waals surface area contributed by atoms with Gasteiger partial charge in [0.1, 0.15) is 5.76 Å². The van der Waals surface area contributed by atoms with E-state index in [4.69, 9.17) is 10.2 Å². The van der Waals surface area contributed by atoms with E-state index in [1.165, 1.54) is 19.3 Å². The minimum absolute atomic E-state index is 0.0110. The van der Waals surface area contributed by atoms with Gasteiger partial charge in [0.2, 0.25) is 0 Å². The molecule has 1 atom stereocenters. The third-order valence-electron chi connectivity index (χ3n) is 3.91. The maximum absolute atomic E-state index is 12.3. The van der Waals surface area contributed by atoms with Crippen molar-refractivity contribution < 1.29 is 9.21 Å². The number of nitrogens with zero attached hydrogens (tertiary/aromatic N) is 1. The quantitative estimate of drug-likeness (QED) is 0.909. The molecule has 1 unspecified atom stereocenters. The Labute approximate surface area is 114 Å². The van der Waals surface area contributed by atoms with Crippen LogP contribution in [-0.4, -0.2) is 23.9 Å². The number of carbonyl (C=O) groups excluding carboxylic acids is 1. The highest BCUT2D eigenvalue weighted by Crippen LogP contribution is 2.23. The Kier molecular flexibility index (Phi) is 5.02. The number of nitrogens with two attached hydrogens (primary N) is 1.